The van der Waals surface area contributed by atoms with Crippen molar-refractivity contribution in [3.8, 4) is 0 Å². The molecule has 8 heteroatoms. The Hall–Kier alpha value is -0.980. The van der Waals surface area contributed by atoms with E-state index in [9.17, 15) is 4.79 Å². The number of thioether (sulfide) groups is 1. The van der Waals surface area contributed by atoms with Gasteiger partial charge < -0.3 is 0 Å². The number of nitrogens with one attached hydrogen (secondary N) is 1. The molecule has 2 rings (SSSR count). The molecule has 5 nitrogen and oxygen atoms in total. The number of H-pyrrole nitrogens is 1. The Morgan fingerprint density at radius 3 is 2.89 bits per heavy atom. The third-order valence-corrected chi connectivity index (χ3v) is 3.98. The maximum atomic E-state index is 11.5. The van der Waals surface area contributed by atoms with E-state index >= 15 is 0 Å². The molecule has 0 fully saturated rings. The summed E-state index contributed by atoms with van der Waals surface area (Å²) in [5, 5.41) is 7.83. The molecule has 0 atom stereocenters. The van der Waals surface area contributed by atoms with Gasteiger partial charge in [-0.2, -0.15) is 0 Å². The van der Waals surface area contributed by atoms with Gasteiger partial charge in [-0.05, 0) is 18.1 Å². The number of rotatable bonds is 5. The topological polar surface area (TPSA) is 63.6 Å². The van der Waals surface area contributed by atoms with E-state index in [1.807, 2.05) is 13.0 Å². The normalized spacial score (nSPS) is 10.9. The van der Waals surface area contributed by atoms with Gasteiger partial charge in [-0.15, -0.1) is 5.10 Å². The smallest absolute Gasteiger partial charge is 0.270 e. The molecule has 0 saturated heterocycles. The fourth-order valence-corrected chi connectivity index (χ4v) is 2.97. The van der Waals surface area contributed by atoms with E-state index in [1.165, 1.54) is 11.8 Å². The molecular weight excluding hydrogens is 307 g/mol. The van der Waals surface area contributed by atoms with Gasteiger partial charge in [-0.3, -0.25) is 4.57 Å². The molecule has 0 radical (unpaired) electrons. The first-order valence-electron chi connectivity index (χ1n) is 5.70. The second kappa shape index (κ2) is 6.45. The van der Waals surface area contributed by atoms with Gasteiger partial charge in [0, 0.05) is 12.3 Å². The van der Waals surface area contributed by atoms with Crippen molar-refractivity contribution in [1.29, 1.82) is 0 Å². The van der Waals surface area contributed by atoms with E-state index < -0.39 is 0 Å². The first kappa shape index (κ1) is 14.4. The highest BCUT2D eigenvalue weighted by Gasteiger charge is 2.10. The van der Waals surface area contributed by atoms with E-state index in [0.717, 1.165) is 12.0 Å². The van der Waals surface area contributed by atoms with Gasteiger partial charge in [-0.25, -0.2) is 14.9 Å². The number of aromatic nitrogens is 4. The largest absolute Gasteiger partial charge is 0.343 e. The number of aromatic amines is 1. The maximum absolute atomic E-state index is 11.5. The molecule has 2 aromatic heterocycles. The first-order valence-corrected chi connectivity index (χ1v) is 7.45. The highest BCUT2D eigenvalue weighted by molar-refractivity contribution is 7.98. The standard InChI is InChI=1S/C11H12Cl2N4OS/c1-2-5-17-10(18)15-16-11(17)19-6-7-3-4-8(12)14-9(7)13/h3-4H,2,5-6H2,1H3,(H,15,18). The van der Waals surface area contributed by atoms with Crippen LogP contribution >= 0.6 is 35.0 Å². The molecule has 0 aromatic carbocycles. The summed E-state index contributed by atoms with van der Waals surface area (Å²) >= 11 is 13.2. The van der Waals surface area contributed by atoms with Crippen LogP contribution in [0.15, 0.2) is 22.1 Å². The Morgan fingerprint density at radius 2 is 2.21 bits per heavy atom. The van der Waals surface area contributed by atoms with Gasteiger partial charge in [0.2, 0.25) is 0 Å². The minimum Gasteiger partial charge on any atom is -0.270 e. The average molecular weight is 319 g/mol. The minimum absolute atomic E-state index is 0.190. The summed E-state index contributed by atoms with van der Waals surface area (Å²) in [6.07, 6.45) is 0.871. The van der Waals surface area contributed by atoms with Crippen molar-refractivity contribution in [2.75, 3.05) is 0 Å². The molecule has 0 spiro atoms. The number of pyridine rings is 1. The first-order chi connectivity index (χ1) is 9.11. The van der Waals surface area contributed by atoms with Crippen molar-refractivity contribution in [2.45, 2.75) is 30.8 Å². The van der Waals surface area contributed by atoms with E-state index in [1.54, 1.807) is 10.6 Å². The summed E-state index contributed by atoms with van der Waals surface area (Å²) in [4.78, 5) is 15.5. The molecule has 0 saturated carbocycles. The molecule has 102 valence electrons. The highest BCUT2D eigenvalue weighted by atomic mass is 35.5. The van der Waals surface area contributed by atoms with Crippen LogP contribution < -0.4 is 5.69 Å². The van der Waals surface area contributed by atoms with Gasteiger partial charge in [0.1, 0.15) is 10.3 Å². The lowest BCUT2D eigenvalue weighted by Gasteiger charge is -2.05. The molecule has 0 bridgehead atoms. The average Bonchev–Trinajstić information content (AvgIpc) is 2.71. The van der Waals surface area contributed by atoms with Crippen LogP contribution in [0.25, 0.3) is 0 Å². The maximum Gasteiger partial charge on any atom is 0.343 e. The zero-order valence-electron chi connectivity index (χ0n) is 10.2. The van der Waals surface area contributed by atoms with Crippen LogP contribution in [0.2, 0.25) is 10.3 Å². The van der Waals surface area contributed by atoms with Crippen LogP contribution in [0.3, 0.4) is 0 Å². The summed E-state index contributed by atoms with van der Waals surface area (Å²) in [5.41, 5.74) is 0.666. The monoisotopic (exact) mass is 318 g/mol. The second-order valence-corrected chi connectivity index (χ2v) is 5.52. The van der Waals surface area contributed by atoms with Crippen LogP contribution in [-0.2, 0) is 12.3 Å². The fraction of sp³-hybridized carbons (Fsp3) is 0.364. The van der Waals surface area contributed by atoms with Crippen molar-refractivity contribution >= 4 is 35.0 Å². The second-order valence-electron chi connectivity index (χ2n) is 3.84. The van der Waals surface area contributed by atoms with E-state index in [0.29, 0.717) is 27.8 Å². The fourth-order valence-electron chi connectivity index (χ4n) is 1.53. The van der Waals surface area contributed by atoms with Crippen molar-refractivity contribution in [1.82, 2.24) is 19.7 Å². The lowest BCUT2D eigenvalue weighted by atomic mass is 10.3. The molecule has 0 aliphatic heterocycles. The molecule has 0 amide bonds. The summed E-state index contributed by atoms with van der Waals surface area (Å²) in [7, 11) is 0. The molecule has 0 aliphatic carbocycles. The van der Waals surface area contributed by atoms with Gasteiger partial charge >= 0.3 is 5.69 Å². The lowest BCUT2D eigenvalue weighted by Crippen LogP contribution is -2.17. The quantitative estimate of drug-likeness (QED) is 0.680. The SMILES string of the molecule is CCCn1c(SCc2ccc(Cl)nc2Cl)n[nH]c1=O. The molecule has 0 unspecified atom stereocenters. The molecule has 0 aliphatic rings. The van der Waals surface area contributed by atoms with Crippen molar-refractivity contribution in [3.63, 3.8) is 0 Å². The van der Waals surface area contributed by atoms with Crippen LogP contribution in [0.1, 0.15) is 18.9 Å². The molecule has 2 heterocycles. The third kappa shape index (κ3) is 3.52. The van der Waals surface area contributed by atoms with Crippen LogP contribution in [0, 0.1) is 0 Å². The van der Waals surface area contributed by atoms with E-state index in [2.05, 4.69) is 15.2 Å². The zero-order valence-corrected chi connectivity index (χ0v) is 12.5. The van der Waals surface area contributed by atoms with Crippen LogP contribution in [0.5, 0.6) is 0 Å². The van der Waals surface area contributed by atoms with E-state index in [-0.39, 0.29) is 5.69 Å². The highest BCUT2D eigenvalue weighted by Crippen LogP contribution is 2.25. The molecule has 2 aromatic rings. The minimum atomic E-state index is -0.190. The Kier molecular flexibility index (Phi) is 4.90. The number of hydrogen-bond donors (Lipinski definition) is 1. The van der Waals surface area contributed by atoms with Gasteiger partial charge in [0.25, 0.3) is 0 Å². The summed E-state index contributed by atoms with van der Waals surface area (Å²) < 4.78 is 1.61. The molecular formula is C11H12Cl2N4OS. The Labute approximate surface area is 124 Å². The van der Waals surface area contributed by atoms with Gasteiger partial charge in [0.15, 0.2) is 5.16 Å². The third-order valence-electron chi connectivity index (χ3n) is 2.42. The lowest BCUT2D eigenvalue weighted by molar-refractivity contribution is 0.604. The van der Waals surface area contributed by atoms with Crippen molar-refractivity contribution in [2.24, 2.45) is 0 Å². The van der Waals surface area contributed by atoms with Crippen molar-refractivity contribution < 1.29 is 0 Å². The Bertz CT molecular complexity index is 625. The Morgan fingerprint density at radius 1 is 1.42 bits per heavy atom. The predicted octanol–water partition coefficient (Wildman–Crippen LogP) is 2.98. The van der Waals surface area contributed by atoms with Crippen LogP contribution in [0.4, 0.5) is 0 Å². The number of hydrogen-bond acceptors (Lipinski definition) is 4. The number of halogens is 2. The van der Waals surface area contributed by atoms with Gasteiger partial charge in [0.05, 0.1) is 0 Å². The zero-order chi connectivity index (χ0) is 13.8. The summed E-state index contributed by atoms with van der Waals surface area (Å²) in [6, 6.07) is 3.51. The van der Waals surface area contributed by atoms with Crippen molar-refractivity contribution in [3.05, 3.63) is 38.5 Å². The molecule has 1 N–H and O–H groups in total. The van der Waals surface area contributed by atoms with E-state index in [4.69, 9.17) is 23.2 Å². The predicted molar refractivity (Wildman–Crippen MR) is 77.0 cm³/mol. The van der Waals surface area contributed by atoms with Crippen LogP contribution in [-0.4, -0.2) is 19.7 Å². The molecule has 19 heavy (non-hydrogen) atoms. The summed E-state index contributed by atoms with van der Waals surface area (Å²) in [6.45, 7) is 2.65. The van der Waals surface area contributed by atoms with Gasteiger partial charge in [-0.1, -0.05) is 48.0 Å². The number of nitrogens with zero attached hydrogens (tertiary/aromatic N) is 3. The summed E-state index contributed by atoms with van der Waals surface area (Å²) in [5.74, 6) is 0.580. The Balaban J connectivity index is 2.12.